The topological polar surface area (TPSA) is 85.2 Å². The van der Waals surface area contributed by atoms with Gasteiger partial charge >= 0.3 is 0 Å². The summed E-state index contributed by atoms with van der Waals surface area (Å²) in [4.78, 5) is 25.2. The highest BCUT2D eigenvalue weighted by Crippen LogP contribution is 2.35. The Kier molecular flexibility index (Phi) is 4.75. The lowest BCUT2D eigenvalue weighted by Gasteiger charge is -2.24. The van der Waals surface area contributed by atoms with Crippen molar-refractivity contribution in [2.45, 2.75) is 19.4 Å². The zero-order valence-corrected chi connectivity index (χ0v) is 15.9. The number of halogens is 1. The molecule has 1 atom stereocenters. The fraction of sp³-hybridized carbons (Fsp3) is 0.190. The van der Waals surface area contributed by atoms with Crippen molar-refractivity contribution in [2.24, 2.45) is 0 Å². The fourth-order valence-electron chi connectivity index (χ4n) is 3.39. The van der Waals surface area contributed by atoms with E-state index in [2.05, 4.69) is 15.7 Å². The number of nitrogens with one attached hydrogen (secondary N) is 2. The van der Waals surface area contributed by atoms with Gasteiger partial charge in [-0.1, -0.05) is 12.1 Å². The number of ether oxygens (including phenoxy) is 1. The highest BCUT2D eigenvalue weighted by Gasteiger charge is 2.34. The Balaban J connectivity index is 1.70. The summed E-state index contributed by atoms with van der Waals surface area (Å²) >= 11 is 0. The van der Waals surface area contributed by atoms with E-state index in [4.69, 9.17) is 4.74 Å². The second-order valence-electron chi connectivity index (χ2n) is 6.73. The minimum absolute atomic E-state index is 0.0437. The number of anilines is 2. The van der Waals surface area contributed by atoms with Crippen molar-refractivity contribution in [3.8, 4) is 17.0 Å². The van der Waals surface area contributed by atoms with Gasteiger partial charge in [-0.3, -0.25) is 9.59 Å². The minimum Gasteiger partial charge on any atom is -0.495 e. The molecule has 2 heterocycles. The van der Waals surface area contributed by atoms with Crippen molar-refractivity contribution in [1.29, 1.82) is 0 Å². The van der Waals surface area contributed by atoms with Crippen LogP contribution in [0.5, 0.6) is 5.75 Å². The molecule has 4 rings (SSSR count). The van der Waals surface area contributed by atoms with E-state index < -0.39 is 6.04 Å². The van der Waals surface area contributed by atoms with Crippen LogP contribution in [0.25, 0.3) is 11.3 Å². The van der Waals surface area contributed by atoms with Crippen LogP contribution in [0.4, 0.5) is 15.9 Å². The first-order valence-corrected chi connectivity index (χ1v) is 9.06. The van der Waals surface area contributed by atoms with Gasteiger partial charge in [-0.2, -0.15) is 5.10 Å². The van der Waals surface area contributed by atoms with Crippen molar-refractivity contribution in [3.05, 3.63) is 59.9 Å². The summed E-state index contributed by atoms with van der Waals surface area (Å²) in [5.74, 6) is -0.0198. The Morgan fingerprint density at radius 1 is 1.24 bits per heavy atom. The van der Waals surface area contributed by atoms with Gasteiger partial charge in [0.2, 0.25) is 11.8 Å². The highest BCUT2D eigenvalue weighted by atomic mass is 19.1. The number of hydrogen-bond acceptors (Lipinski definition) is 4. The van der Waals surface area contributed by atoms with Crippen molar-refractivity contribution >= 4 is 23.3 Å². The molecule has 7 nitrogen and oxygen atoms in total. The molecule has 1 aliphatic heterocycles. The van der Waals surface area contributed by atoms with E-state index in [9.17, 15) is 14.0 Å². The number of carbonyl (C=O) groups is 2. The molecule has 2 amide bonds. The van der Waals surface area contributed by atoms with E-state index in [0.717, 1.165) is 0 Å². The first kappa shape index (κ1) is 18.7. The van der Waals surface area contributed by atoms with Gasteiger partial charge in [0.1, 0.15) is 23.4 Å². The number of para-hydroxylation sites is 2. The van der Waals surface area contributed by atoms with E-state index >= 15 is 0 Å². The number of rotatable bonds is 4. The lowest BCUT2D eigenvalue weighted by Crippen LogP contribution is -2.36. The van der Waals surface area contributed by atoms with Gasteiger partial charge in [0.15, 0.2) is 0 Å². The van der Waals surface area contributed by atoms with Crippen LogP contribution in [0.2, 0.25) is 0 Å². The maximum Gasteiger partial charge on any atom is 0.249 e. The molecule has 3 aromatic rings. The van der Waals surface area contributed by atoms with Crippen molar-refractivity contribution in [2.75, 3.05) is 17.7 Å². The Hall–Kier alpha value is -3.68. The number of fused-ring (bicyclic) bond motifs is 1. The number of amides is 2. The number of aromatic nitrogens is 2. The first-order valence-electron chi connectivity index (χ1n) is 9.06. The van der Waals surface area contributed by atoms with Crippen LogP contribution >= 0.6 is 0 Å². The van der Waals surface area contributed by atoms with Crippen molar-refractivity contribution in [1.82, 2.24) is 9.78 Å². The van der Waals surface area contributed by atoms with Crippen LogP contribution in [0.15, 0.2) is 48.5 Å². The molecule has 0 unspecified atom stereocenters. The number of nitrogens with zero attached hydrogens (tertiary/aromatic N) is 2. The molecule has 0 spiro atoms. The summed E-state index contributed by atoms with van der Waals surface area (Å²) in [6.07, 6.45) is -0.0437. The predicted molar refractivity (Wildman–Crippen MR) is 106 cm³/mol. The van der Waals surface area contributed by atoms with E-state index in [-0.39, 0.29) is 24.1 Å². The molecule has 1 aliphatic rings. The van der Waals surface area contributed by atoms with Gasteiger partial charge in [-0.15, -0.1) is 0 Å². The average molecular weight is 394 g/mol. The number of benzene rings is 2. The van der Waals surface area contributed by atoms with Gasteiger partial charge in [0, 0.05) is 11.1 Å². The van der Waals surface area contributed by atoms with Gasteiger partial charge in [-0.25, -0.2) is 9.07 Å². The highest BCUT2D eigenvalue weighted by molar-refractivity contribution is 6.02. The summed E-state index contributed by atoms with van der Waals surface area (Å²) < 4.78 is 20.1. The molecule has 1 aromatic heterocycles. The molecule has 0 saturated heterocycles. The third kappa shape index (κ3) is 3.44. The van der Waals surface area contributed by atoms with Crippen molar-refractivity contribution < 1.29 is 18.7 Å². The lowest BCUT2D eigenvalue weighted by atomic mass is 10.1. The normalized spacial score (nSPS) is 15.4. The molecule has 148 valence electrons. The molecule has 2 N–H and O–H groups in total. The van der Waals surface area contributed by atoms with Crippen LogP contribution in [0, 0.1) is 12.7 Å². The molecule has 0 radical (unpaired) electrons. The van der Waals surface area contributed by atoms with E-state index in [1.807, 2.05) is 0 Å². The maximum atomic E-state index is 13.3. The molecule has 0 fully saturated rings. The Labute approximate surface area is 166 Å². The summed E-state index contributed by atoms with van der Waals surface area (Å²) in [6.45, 7) is 1.80. The van der Waals surface area contributed by atoms with Crippen LogP contribution in [0.3, 0.4) is 0 Å². The van der Waals surface area contributed by atoms with Gasteiger partial charge in [0.25, 0.3) is 0 Å². The molecule has 0 saturated carbocycles. The third-order valence-corrected chi connectivity index (χ3v) is 4.86. The third-order valence-electron chi connectivity index (χ3n) is 4.86. The monoisotopic (exact) mass is 394 g/mol. The molecular formula is C21H19FN4O3. The number of hydrogen-bond donors (Lipinski definition) is 2. The second kappa shape index (κ2) is 7.38. The van der Waals surface area contributed by atoms with E-state index in [0.29, 0.717) is 34.1 Å². The number of methoxy groups -OCH3 is 1. The Morgan fingerprint density at radius 3 is 2.69 bits per heavy atom. The van der Waals surface area contributed by atoms with Crippen LogP contribution < -0.4 is 15.4 Å². The average Bonchev–Trinajstić information content (AvgIpc) is 3.05. The molecule has 8 heteroatoms. The standard InChI is InChI=1S/C21H19FN4O3/c1-12-19(13-7-9-14(22)10-8-13)25-26-16(11-18(27)24-20(12)26)21(28)23-15-5-3-4-6-17(15)29-2/h3-10,16H,11H2,1-2H3,(H,23,28)(H,24,27)/t16-/m0/s1. The Bertz CT molecular complexity index is 1090. The Morgan fingerprint density at radius 2 is 1.97 bits per heavy atom. The van der Waals surface area contributed by atoms with E-state index in [1.165, 1.54) is 23.9 Å². The van der Waals surface area contributed by atoms with Gasteiger partial charge in [0.05, 0.1) is 24.9 Å². The smallest absolute Gasteiger partial charge is 0.249 e. The quantitative estimate of drug-likeness (QED) is 0.709. The largest absolute Gasteiger partial charge is 0.495 e. The second-order valence-corrected chi connectivity index (χ2v) is 6.73. The van der Waals surface area contributed by atoms with Crippen molar-refractivity contribution in [3.63, 3.8) is 0 Å². The summed E-state index contributed by atoms with van der Waals surface area (Å²) in [7, 11) is 1.52. The van der Waals surface area contributed by atoms with Gasteiger partial charge < -0.3 is 15.4 Å². The van der Waals surface area contributed by atoms with Gasteiger partial charge in [-0.05, 0) is 43.3 Å². The lowest BCUT2D eigenvalue weighted by molar-refractivity contribution is -0.125. The molecular weight excluding hydrogens is 375 g/mol. The van der Waals surface area contributed by atoms with Crippen LogP contribution in [0.1, 0.15) is 18.0 Å². The predicted octanol–water partition coefficient (Wildman–Crippen LogP) is 3.53. The SMILES string of the molecule is COc1ccccc1NC(=O)[C@@H]1CC(=O)Nc2c(C)c(-c3ccc(F)cc3)nn21. The van der Waals surface area contributed by atoms with E-state index in [1.54, 1.807) is 43.3 Å². The van der Waals surface area contributed by atoms with Crippen LogP contribution in [-0.2, 0) is 9.59 Å². The molecule has 0 bridgehead atoms. The minimum atomic E-state index is -0.823. The zero-order chi connectivity index (χ0) is 20.5. The molecule has 29 heavy (non-hydrogen) atoms. The molecule has 0 aliphatic carbocycles. The first-order chi connectivity index (χ1) is 14.0. The van der Waals surface area contributed by atoms with Crippen LogP contribution in [-0.4, -0.2) is 28.7 Å². The fourth-order valence-corrected chi connectivity index (χ4v) is 3.39. The number of carbonyl (C=O) groups excluding carboxylic acids is 2. The maximum absolute atomic E-state index is 13.3. The summed E-state index contributed by atoms with van der Waals surface area (Å²) in [5, 5.41) is 10.2. The summed E-state index contributed by atoms with van der Waals surface area (Å²) in [5.41, 5.74) is 2.50. The summed E-state index contributed by atoms with van der Waals surface area (Å²) in [6, 6.07) is 12.1. The zero-order valence-electron chi connectivity index (χ0n) is 15.9. The molecule has 2 aromatic carbocycles.